The highest BCUT2D eigenvalue weighted by atomic mass is 16.6. The molecule has 0 atom stereocenters. The molecular weight excluding hydrogens is 240 g/mol. The van der Waals surface area contributed by atoms with Crippen LogP contribution in [0.25, 0.3) is 0 Å². The Balaban J connectivity index is 1.82. The smallest absolute Gasteiger partial charge is 0.410 e. The molecule has 0 fully saturated rings. The van der Waals surface area contributed by atoms with Crippen LogP contribution in [0.4, 0.5) is 4.79 Å². The minimum absolute atomic E-state index is 0.231. The van der Waals surface area contributed by atoms with Crippen molar-refractivity contribution in [1.29, 1.82) is 0 Å². The molecule has 1 heterocycles. The molecule has 1 aromatic carbocycles. The lowest BCUT2D eigenvalue weighted by molar-refractivity contribution is 0.0982. The van der Waals surface area contributed by atoms with Crippen LogP contribution in [-0.2, 0) is 11.3 Å². The Kier molecular flexibility index (Phi) is 4.98. The first-order chi connectivity index (χ1) is 9.29. The Labute approximate surface area is 114 Å². The Hall–Kier alpha value is -1.81. The van der Waals surface area contributed by atoms with Crippen molar-refractivity contribution < 1.29 is 9.53 Å². The maximum absolute atomic E-state index is 12.0. The minimum atomic E-state index is -0.231. The van der Waals surface area contributed by atoms with E-state index < -0.39 is 0 Å². The number of benzene rings is 1. The molecule has 1 N–H and O–H groups in total. The van der Waals surface area contributed by atoms with Gasteiger partial charge in [-0.25, -0.2) is 4.79 Å². The van der Waals surface area contributed by atoms with Crippen molar-refractivity contribution >= 4 is 6.09 Å². The highest BCUT2D eigenvalue weighted by Crippen LogP contribution is 2.11. The highest BCUT2D eigenvalue weighted by molar-refractivity contribution is 5.68. The molecule has 4 nitrogen and oxygen atoms in total. The van der Waals surface area contributed by atoms with Crippen molar-refractivity contribution in [1.82, 2.24) is 10.2 Å². The number of ether oxygens (including phenoxy) is 1. The lowest BCUT2D eigenvalue weighted by Gasteiger charge is -2.26. The highest BCUT2D eigenvalue weighted by Gasteiger charge is 2.18. The first kappa shape index (κ1) is 13.6. The van der Waals surface area contributed by atoms with E-state index in [9.17, 15) is 4.79 Å². The Morgan fingerprint density at radius 2 is 2.16 bits per heavy atom. The first-order valence-corrected chi connectivity index (χ1v) is 6.57. The molecule has 1 amide bonds. The SMILES string of the molecule is CNCC1=CCCN(C(=O)OCc2ccccc2)C1. The van der Waals surface area contributed by atoms with Gasteiger partial charge >= 0.3 is 6.09 Å². The van der Waals surface area contributed by atoms with Crippen molar-refractivity contribution in [3.8, 4) is 0 Å². The maximum Gasteiger partial charge on any atom is 0.410 e. The van der Waals surface area contributed by atoms with E-state index in [-0.39, 0.29) is 6.09 Å². The maximum atomic E-state index is 12.0. The summed E-state index contributed by atoms with van der Waals surface area (Å²) in [5.41, 5.74) is 2.25. The zero-order valence-electron chi connectivity index (χ0n) is 11.3. The van der Waals surface area contributed by atoms with Gasteiger partial charge in [0.1, 0.15) is 6.61 Å². The van der Waals surface area contributed by atoms with Gasteiger partial charge < -0.3 is 15.0 Å². The summed E-state index contributed by atoms with van der Waals surface area (Å²) in [5.74, 6) is 0. The lowest BCUT2D eigenvalue weighted by Crippen LogP contribution is -2.37. The summed E-state index contributed by atoms with van der Waals surface area (Å²) >= 11 is 0. The second-order valence-electron chi connectivity index (χ2n) is 4.64. The number of hydrogen-bond donors (Lipinski definition) is 1. The lowest BCUT2D eigenvalue weighted by atomic mass is 10.1. The van der Waals surface area contributed by atoms with Crippen LogP contribution in [-0.4, -0.2) is 37.7 Å². The first-order valence-electron chi connectivity index (χ1n) is 6.57. The molecule has 19 heavy (non-hydrogen) atoms. The molecule has 0 aliphatic carbocycles. The third-order valence-electron chi connectivity index (χ3n) is 3.09. The molecule has 0 radical (unpaired) electrons. The van der Waals surface area contributed by atoms with Gasteiger partial charge in [-0.05, 0) is 24.6 Å². The van der Waals surface area contributed by atoms with Crippen LogP contribution in [0.2, 0.25) is 0 Å². The van der Waals surface area contributed by atoms with Gasteiger partial charge in [0.2, 0.25) is 0 Å². The number of nitrogens with one attached hydrogen (secondary N) is 1. The number of amides is 1. The normalized spacial score (nSPS) is 15.0. The fourth-order valence-corrected chi connectivity index (χ4v) is 2.13. The molecule has 102 valence electrons. The standard InChI is InChI=1S/C15H20N2O2/c1-16-10-14-8-5-9-17(11-14)15(18)19-12-13-6-3-2-4-7-13/h2-4,6-8,16H,5,9-12H2,1H3. The predicted molar refractivity (Wildman–Crippen MR) is 74.8 cm³/mol. The average Bonchev–Trinajstić information content (AvgIpc) is 2.46. The van der Waals surface area contributed by atoms with Crippen LogP contribution in [0.15, 0.2) is 42.0 Å². The molecule has 0 aromatic heterocycles. The molecule has 2 rings (SSSR count). The number of hydrogen-bond acceptors (Lipinski definition) is 3. The van der Waals surface area contributed by atoms with Gasteiger partial charge in [0.05, 0.1) is 0 Å². The third-order valence-corrected chi connectivity index (χ3v) is 3.09. The number of carbonyl (C=O) groups excluding carboxylic acids is 1. The van der Waals surface area contributed by atoms with Crippen molar-refractivity contribution in [3.05, 3.63) is 47.5 Å². The number of nitrogens with zero attached hydrogens (tertiary/aromatic N) is 1. The Morgan fingerprint density at radius 1 is 1.37 bits per heavy atom. The molecule has 0 unspecified atom stereocenters. The summed E-state index contributed by atoms with van der Waals surface area (Å²) in [7, 11) is 1.91. The van der Waals surface area contributed by atoms with Gasteiger partial charge in [-0.15, -0.1) is 0 Å². The second-order valence-corrected chi connectivity index (χ2v) is 4.64. The predicted octanol–water partition coefficient (Wildman–Crippen LogP) is 2.17. The van der Waals surface area contributed by atoms with E-state index in [2.05, 4.69) is 11.4 Å². The largest absolute Gasteiger partial charge is 0.445 e. The van der Waals surface area contributed by atoms with E-state index in [0.717, 1.165) is 25.1 Å². The summed E-state index contributed by atoms with van der Waals surface area (Å²) < 4.78 is 5.33. The van der Waals surface area contributed by atoms with Gasteiger partial charge in [-0.3, -0.25) is 0 Å². The average molecular weight is 260 g/mol. The van der Waals surface area contributed by atoms with Crippen LogP contribution in [0.5, 0.6) is 0 Å². The van der Waals surface area contributed by atoms with Crippen LogP contribution in [0.1, 0.15) is 12.0 Å². The third kappa shape index (κ3) is 4.10. The van der Waals surface area contributed by atoms with E-state index in [1.54, 1.807) is 4.90 Å². The topological polar surface area (TPSA) is 41.6 Å². The second kappa shape index (κ2) is 6.95. The number of rotatable bonds is 4. The fraction of sp³-hybridized carbons (Fsp3) is 0.400. The molecule has 4 heteroatoms. The van der Waals surface area contributed by atoms with E-state index >= 15 is 0 Å². The Bertz CT molecular complexity index is 443. The van der Waals surface area contributed by atoms with Crippen molar-refractivity contribution in [3.63, 3.8) is 0 Å². The molecule has 0 saturated carbocycles. The summed E-state index contributed by atoms with van der Waals surface area (Å²) in [6.45, 7) is 2.55. The molecular formula is C15H20N2O2. The molecule has 1 aliphatic heterocycles. The molecule has 0 saturated heterocycles. The zero-order chi connectivity index (χ0) is 13.5. The summed E-state index contributed by atoms with van der Waals surface area (Å²) in [6.07, 6.45) is 2.86. The van der Waals surface area contributed by atoms with Crippen LogP contribution < -0.4 is 5.32 Å². The van der Waals surface area contributed by atoms with E-state index in [0.29, 0.717) is 13.2 Å². The number of likely N-dealkylation sites (N-methyl/N-ethyl adjacent to an activating group) is 1. The van der Waals surface area contributed by atoms with Gasteiger partial charge in [0.25, 0.3) is 0 Å². The van der Waals surface area contributed by atoms with Gasteiger partial charge in [0.15, 0.2) is 0 Å². The quantitative estimate of drug-likeness (QED) is 0.844. The van der Waals surface area contributed by atoms with Gasteiger partial charge in [-0.2, -0.15) is 0 Å². The van der Waals surface area contributed by atoms with Crippen LogP contribution in [0, 0.1) is 0 Å². The van der Waals surface area contributed by atoms with Crippen molar-refractivity contribution in [2.75, 3.05) is 26.7 Å². The van der Waals surface area contributed by atoms with E-state index in [4.69, 9.17) is 4.74 Å². The molecule has 0 spiro atoms. The molecule has 0 bridgehead atoms. The number of carbonyl (C=O) groups is 1. The Morgan fingerprint density at radius 3 is 2.89 bits per heavy atom. The molecule has 1 aliphatic rings. The summed E-state index contributed by atoms with van der Waals surface area (Å²) in [5, 5.41) is 3.11. The monoisotopic (exact) mass is 260 g/mol. The van der Waals surface area contributed by atoms with Crippen molar-refractivity contribution in [2.24, 2.45) is 0 Å². The van der Waals surface area contributed by atoms with Gasteiger partial charge in [0, 0.05) is 19.6 Å². The van der Waals surface area contributed by atoms with Crippen molar-refractivity contribution in [2.45, 2.75) is 13.0 Å². The zero-order valence-corrected chi connectivity index (χ0v) is 11.3. The van der Waals surface area contributed by atoms with E-state index in [1.165, 1.54) is 5.57 Å². The van der Waals surface area contributed by atoms with Crippen LogP contribution >= 0.6 is 0 Å². The minimum Gasteiger partial charge on any atom is -0.445 e. The summed E-state index contributed by atoms with van der Waals surface area (Å²) in [6, 6.07) is 9.74. The fourth-order valence-electron chi connectivity index (χ4n) is 2.13. The van der Waals surface area contributed by atoms with Gasteiger partial charge in [-0.1, -0.05) is 36.4 Å². The summed E-state index contributed by atoms with van der Waals surface area (Å²) in [4.78, 5) is 13.7. The van der Waals surface area contributed by atoms with E-state index in [1.807, 2.05) is 37.4 Å². The molecule has 1 aromatic rings. The van der Waals surface area contributed by atoms with Crippen LogP contribution in [0.3, 0.4) is 0 Å².